The number of nitrogens with one attached hydrogen (secondary N) is 1. The Morgan fingerprint density at radius 1 is 1.33 bits per heavy atom. The van der Waals surface area contributed by atoms with Gasteiger partial charge >= 0.3 is 0 Å². The molecule has 1 saturated heterocycles. The number of aromatic nitrogens is 1. The Balaban J connectivity index is 1.89. The predicted octanol–water partition coefficient (Wildman–Crippen LogP) is 2.32. The van der Waals surface area contributed by atoms with E-state index in [0.717, 1.165) is 35.2 Å². The summed E-state index contributed by atoms with van der Waals surface area (Å²) in [6.07, 6.45) is 3.19. The zero-order chi connectivity index (χ0) is 15.0. The van der Waals surface area contributed by atoms with Crippen molar-refractivity contribution in [3.63, 3.8) is 0 Å². The SMILES string of the molecule is COc1ccc2[nH]c(C3CCCN(S(C)(=O)=O)C3)cc2c1. The normalized spacial score (nSPS) is 20.8. The molecule has 114 valence electrons. The van der Waals surface area contributed by atoms with Crippen molar-refractivity contribution in [1.82, 2.24) is 9.29 Å². The van der Waals surface area contributed by atoms with Crippen molar-refractivity contribution < 1.29 is 13.2 Å². The van der Waals surface area contributed by atoms with Crippen LogP contribution in [-0.2, 0) is 10.0 Å². The Labute approximate surface area is 125 Å². The second-order valence-corrected chi connectivity index (χ2v) is 7.62. The molecule has 1 aromatic carbocycles. The summed E-state index contributed by atoms with van der Waals surface area (Å²) in [4.78, 5) is 3.41. The zero-order valence-corrected chi connectivity index (χ0v) is 13.1. The molecule has 0 saturated carbocycles. The van der Waals surface area contributed by atoms with Gasteiger partial charge < -0.3 is 9.72 Å². The van der Waals surface area contributed by atoms with Crippen LogP contribution < -0.4 is 4.74 Å². The highest BCUT2D eigenvalue weighted by Crippen LogP contribution is 2.31. The average molecular weight is 308 g/mol. The van der Waals surface area contributed by atoms with E-state index < -0.39 is 10.0 Å². The van der Waals surface area contributed by atoms with Crippen molar-refractivity contribution in [3.05, 3.63) is 30.0 Å². The lowest BCUT2D eigenvalue weighted by Gasteiger charge is -2.30. The molecular formula is C15H20N2O3S. The lowest BCUT2D eigenvalue weighted by molar-refractivity contribution is 0.315. The molecule has 0 radical (unpaired) electrons. The molecule has 0 spiro atoms. The fourth-order valence-corrected chi connectivity index (χ4v) is 3.89. The van der Waals surface area contributed by atoms with Gasteiger partial charge in [-0.15, -0.1) is 0 Å². The van der Waals surface area contributed by atoms with Crippen LogP contribution in [0, 0.1) is 0 Å². The van der Waals surface area contributed by atoms with Crippen LogP contribution in [0.4, 0.5) is 0 Å². The van der Waals surface area contributed by atoms with Gasteiger partial charge in [0.15, 0.2) is 0 Å². The van der Waals surface area contributed by atoms with E-state index >= 15 is 0 Å². The third kappa shape index (κ3) is 2.91. The minimum atomic E-state index is -3.11. The van der Waals surface area contributed by atoms with E-state index in [2.05, 4.69) is 11.1 Å². The molecule has 5 nitrogen and oxygen atoms in total. The van der Waals surface area contributed by atoms with Crippen LogP contribution in [0.2, 0.25) is 0 Å². The average Bonchev–Trinajstić information content (AvgIpc) is 2.89. The molecule has 3 rings (SSSR count). The van der Waals surface area contributed by atoms with Gasteiger partial charge in [0.2, 0.25) is 10.0 Å². The van der Waals surface area contributed by atoms with Gasteiger partial charge in [0.25, 0.3) is 0 Å². The molecule has 1 atom stereocenters. The number of rotatable bonds is 3. The summed E-state index contributed by atoms with van der Waals surface area (Å²) in [5.74, 6) is 1.06. The first-order valence-electron chi connectivity index (χ1n) is 7.09. The molecule has 0 aliphatic carbocycles. The van der Waals surface area contributed by atoms with Crippen LogP contribution in [0.25, 0.3) is 10.9 Å². The lowest BCUT2D eigenvalue weighted by Crippen LogP contribution is -2.38. The summed E-state index contributed by atoms with van der Waals surface area (Å²) in [6, 6.07) is 8.02. The van der Waals surface area contributed by atoms with Crippen LogP contribution in [-0.4, -0.2) is 44.2 Å². The zero-order valence-electron chi connectivity index (χ0n) is 12.3. The Bertz CT molecular complexity index is 751. The van der Waals surface area contributed by atoms with Gasteiger partial charge in [0.05, 0.1) is 13.4 Å². The number of ether oxygens (including phenoxy) is 1. The van der Waals surface area contributed by atoms with E-state index in [0.29, 0.717) is 13.1 Å². The maximum absolute atomic E-state index is 11.7. The summed E-state index contributed by atoms with van der Waals surface area (Å²) in [6.45, 7) is 1.19. The number of H-pyrrole nitrogens is 1. The van der Waals surface area contributed by atoms with E-state index in [1.165, 1.54) is 6.26 Å². The molecule has 1 N–H and O–H groups in total. The molecule has 1 unspecified atom stereocenters. The number of benzene rings is 1. The van der Waals surface area contributed by atoms with E-state index in [1.54, 1.807) is 11.4 Å². The van der Waals surface area contributed by atoms with Crippen molar-refractivity contribution in [2.75, 3.05) is 26.5 Å². The Morgan fingerprint density at radius 3 is 2.86 bits per heavy atom. The number of methoxy groups -OCH3 is 1. The smallest absolute Gasteiger partial charge is 0.211 e. The number of nitrogens with zero attached hydrogens (tertiary/aromatic N) is 1. The van der Waals surface area contributed by atoms with Crippen LogP contribution in [0.3, 0.4) is 0 Å². The molecule has 2 heterocycles. The first-order valence-corrected chi connectivity index (χ1v) is 8.94. The second kappa shape index (κ2) is 5.35. The topological polar surface area (TPSA) is 62.4 Å². The van der Waals surface area contributed by atoms with Gasteiger partial charge in [-0.25, -0.2) is 12.7 Å². The molecule has 1 aliphatic rings. The number of sulfonamides is 1. The summed E-state index contributed by atoms with van der Waals surface area (Å²) in [5, 5.41) is 1.10. The second-order valence-electron chi connectivity index (χ2n) is 5.64. The van der Waals surface area contributed by atoms with Crippen LogP contribution in [0.15, 0.2) is 24.3 Å². The fourth-order valence-electron chi connectivity index (χ4n) is 2.98. The van der Waals surface area contributed by atoms with Crippen molar-refractivity contribution in [3.8, 4) is 5.75 Å². The Kier molecular flexibility index (Phi) is 3.67. The van der Waals surface area contributed by atoms with Crippen molar-refractivity contribution in [1.29, 1.82) is 0 Å². The highest BCUT2D eigenvalue weighted by molar-refractivity contribution is 7.88. The summed E-state index contributed by atoms with van der Waals surface area (Å²) in [7, 11) is -1.46. The molecule has 21 heavy (non-hydrogen) atoms. The van der Waals surface area contributed by atoms with Crippen molar-refractivity contribution in [2.24, 2.45) is 0 Å². The summed E-state index contributed by atoms with van der Waals surface area (Å²) in [5.41, 5.74) is 2.16. The Hall–Kier alpha value is -1.53. The van der Waals surface area contributed by atoms with Crippen molar-refractivity contribution >= 4 is 20.9 Å². The molecule has 2 aromatic rings. The predicted molar refractivity (Wildman–Crippen MR) is 83.2 cm³/mol. The van der Waals surface area contributed by atoms with E-state index in [-0.39, 0.29) is 5.92 Å². The summed E-state index contributed by atoms with van der Waals surface area (Å²) < 4.78 is 30.3. The van der Waals surface area contributed by atoms with Crippen molar-refractivity contribution in [2.45, 2.75) is 18.8 Å². The first-order chi connectivity index (χ1) is 9.97. The molecule has 1 aromatic heterocycles. The van der Waals surface area contributed by atoms with Crippen LogP contribution >= 0.6 is 0 Å². The molecule has 0 bridgehead atoms. The number of hydrogen-bond acceptors (Lipinski definition) is 3. The Morgan fingerprint density at radius 2 is 2.14 bits per heavy atom. The largest absolute Gasteiger partial charge is 0.497 e. The van der Waals surface area contributed by atoms with Gasteiger partial charge in [0.1, 0.15) is 5.75 Å². The minimum absolute atomic E-state index is 0.229. The van der Waals surface area contributed by atoms with Gasteiger partial charge in [-0.3, -0.25) is 0 Å². The highest BCUT2D eigenvalue weighted by atomic mass is 32.2. The highest BCUT2D eigenvalue weighted by Gasteiger charge is 2.27. The van der Waals surface area contributed by atoms with Crippen LogP contribution in [0.5, 0.6) is 5.75 Å². The van der Waals surface area contributed by atoms with Gasteiger partial charge in [0, 0.05) is 35.6 Å². The molecule has 1 aliphatic heterocycles. The number of fused-ring (bicyclic) bond motifs is 1. The summed E-state index contributed by atoms with van der Waals surface area (Å²) >= 11 is 0. The quantitative estimate of drug-likeness (QED) is 0.946. The monoisotopic (exact) mass is 308 g/mol. The molecular weight excluding hydrogens is 288 g/mol. The van der Waals surface area contributed by atoms with Gasteiger partial charge in [-0.1, -0.05) is 0 Å². The van der Waals surface area contributed by atoms with E-state index in [4.69, 9.17) is 4.74 Å². The molecule has 0 amide bonds. The van der Waals surface area contributed by atoms with Gasteiger partial charge in [-0.2, -0.15) is 0 Å². The maximum atomic E-state index is 11.7. The minimum Gasteiger partial charge on any atom is -0.497 e. The number of aromatic amines is 1. The molecule has 1 fully saturated rings. The first kappa shape index (κ1) is 14.4. The number of hydrogen-bond donors (Lipinski definition) is 1. The standard InChI is InChI=1S/C15H20N2O3S/c1-20-13-5-6-14-12(8-13)9-15(16-14)11-4-3-7-17(10-11)21(2,18)19/h5-6,8-9,11,16H,3-4,7,10H2,1-2H3. The van der Waals surface area contributed by atoms with Crippen LogP contribution in [0.1, 0.15) is 24.5 Å². The van der Waals surface area contributed by atoms with E-state index in [9.17, 15) is 8.42 Å². The maximum Gasteiger partial charge on any atom is 0.211 e. The third-order valence-electron chi connectivity index (χ3n) is 4.14. The lowest BCUT2D eigenvalue weighted by atomic mass is 9.96. The van der Waals surface area contributed by atoms with E-state index in [1.807, 2.05) is 18.2 Å². The van der Waals surface area contributed by atoms with Gasteiger partial charge in [-0.05, 0) is 37.1 Å². The fraction of sp³-hybridized carbons (Fsp3) is 0.467. The number of piperidine rings is 1. The third-order valence-corrected chi connectivity index (χ3v) is 5.41. The molecule has 6 heteroatoms.